The van der Waals surface area contributed by atoms with E-state index >= 15 is 0 Å². The van der Waals surface area contributed by atoms with Crippen LogP contribution >= 0.6 is 0 Å². The fourth-order valence-corrected chi connectivity index (χ4v) is 2.64. The summed E-state index contributed by atoms with van der Waals surface area (Å²) >= 11 is 0. The van der Waals surface area contributed by atoms with Crippen LogP contribution in [0.15, 0.2) is 30.5 Å². The molecule has 0 atom stereocenters. The molecule has 0 bridgehead atoms. The zero-order valence-corrected chi connectivity index (χ0v) is 12.9. The Labute approximate surface area is 125 Å². The van der Waals surface area contributed by atoms with Crippen LogP contribution < -0.4 is 0 Å². The number of aromatic nitrogens is 1. The Kier molecular flexibility index (Phi) is 4.78. The van der Waals surface area contributed by atoms with Gasteiger partial charge >= 0.3 is 0 Å². The summed E-state index contributed by atoms with van der Waals surface area (Å²) in [5, 5.41) is 0.839. The highest BCUT2D eigenvalue weighted by Crippen LogP contribution is 2.21. The molecule has 1 aromatic carbocycles. The number of benzene rings is 1. The Hall–Kier alpha value is -2.10. The summed E-state index contributed by atoms with van der Waals surface area (Å²) in [5.41, 5.74) is 1.46. The predicted molar refractivity (Wildman–Crippen MR) is 84.4 cm³/mol. The lowest BCUT2D eigenvalue weighted by molar-refractivity contribution is -0.126. The first kappa shape index (κ1) is 15.3. The Balaban J connectivity index is 2.35. The summed E-state index contributed by atoms with van der Waals surface area (Å²) in [6.45, 7) is 5.28. The van der Waals surface area contributed by atoms with Crippen LogP contribution in [0.3, 0.4) is 0 Å². The van der Waals surface area contributed by atoms with Crippen LogP contribution in [0.2, 0.25) is 0 Å². The average molecular weight is 286 g/mol. The van der Waals surface area contributed by atoms with Crippen LogP contribution in [0.5, 0.6) is 0 Å². The number of carbonyl (C=O) groups excluding carboxylic acids is 2. The van der Waals surface area contributed by atoms with Crippen molar-refractivity contribution >= 4 is 22.6 Å². The zero-order valence-electron chi connectivity index (χ0n) is 12.9. The molecule has 0 fully saturated rings. The maximum absolute atomic E-state index is 12.6. The second-order valence-corrected chi connectivity index (χ2v) is 5.29. The monoisotopic (exact) mass is 286 g/mol. The molecule has 0 saturated carbocycles. The molecule has 112 valence electrons. The van der Waals surface area contributed by atoms with E-state index in [2.05, 4.69) is 0 Å². The summed E-state index contributed by atoms with van der Waals surface area (Å²) in [4.78, 5) is 26.7. The van der Waals surface area contributed by atoms with Gasteiger partial charge in [-0.3, -0.25) is 9.59 Å². The van der Waals surface area contributed by atoms with Gasteiger partial charge in [0, 0.05) is 37.2 Å². The highest BCUT2D eigenvalue weighted by molar-refractivity contribution is 6.44. The Morgan fingerprint density at radius 1 is 1.10 bits per heavy atom. The van der Waals surface area contributed by atoms with Crippen LogP contribution in [0.4, 0.5) is 0 Å². The van der Waals surface area contributed by atoms with Crippen molar-refractivity contribution in [3.63, 3.8) is 0 Å². The van der Waals surface area contributed by atoms with Gasteiger partial charge in [0.1, 0.15) is 0 Å². The third-order valence-corrected chi connectivity index (χ3v) is 3.61. The molecule has 4 heteroatoms. The van der Waals surface area contributed by atoms with Gasteiger partial charge in [-0.15, -0.1) is 0 Å². The van der Waals surface area contributed by atoms with Gasteiger partial charge in [-0.1, -0.05) is 32.0 Å². The molecular weight excluding hydrogens is 264 g/mol. The number of ketones is 1. The van der Waals surface area contributed by atoms with Crippen LogP contribution in [0.25, 0.3) is 10.9 Å². The molecule has 4 nitrogen and oxygen atoms in total. The van der Waals surface area contributed by atoms with Crippen molar-refractivity contribution < 1.29 is 9.59 Å². The fraction of sp³-hybridized carbons (Fsp3) is 0.412. The van der Waals surface area contributed by atoms with E-state index in [9.17, 15) is 9.59 Å². The summed E-state index contributed by atoms with van der Waals surface area (Å²) < 4.78 is 1.89. The SMILES string of the molecule is CCCN(CCC)C(=O)C(=O)c1cn(C)c2ccccc12. The second kappa shape index (κ2) is 6.57. The van der Waals surface area contributed by atoms with Crippen molar-refractivity contribution in [3.8, 4) is 0 Å². The minimum absolute atomic E-state index is 0.393. The molecular formula is C17H22N2O2. The number of para-hydroxylation sites is 1. The Morgan fingerprint density at radius 3 is 2.33 bits per heavy atom. The summed E-state index contributed by atoms with van der Waals surface area (Å²) in [7, 11) is 1.89. The molecule has 1 aromatic heterocycles. The summed E-state index contributed by atoms with van der Waals surface area (Å²) in [5.74, 6) is -0.802. The molecule has 0 saturated heterocycles. The van der Waals surface area contributed by atoms with E-state index in [1.807, 2.05) is 49.7 Å². The first-order valence-corrected chi connectivity index (χ1v) is 7.47. The quantitative estimate of drug-likeness (QED) is 0.605. The van der Waals surface area contributed by atoms with E-state index in [1.54, 1.807) is 11.1 Å². The van der Waals surface area contributed by atoms with Gasteiger partial charge in [-0.05, 0) is 18.9 Å². The second-order valence-electron chi connectivity index (χ2n) is 5.29. The zero-order chi connectivity index (χ0) is 15.4. The lowest BCUT2D eigenvalue weighted by atomic mass is 10.1. The number of hydrogen-bond acceptors (Lipinski definition) is 2. The number of rotatable bonds is 6. The third kappa shape index (κ3) is 2.99. The number of nitrogens with zero attached hydrogens (tertiary/aromatic N) is 2. The Bertz CT molecular complexity index is 652. The molecule has 2 aromatic rings. The van der Waals surface area contributed by atoms with Gasteiger partial charge in [0.2, 0.25) is 0 Å². The van der Waals surface area contributed by atoms with E-state index in [4.69, 9.17) is 0 Å². The van der Waals surface area contributed by atoms with Crippen LogP contribution in [-0.2, 0) is 11.8 Å². The molecule has 21 heavy (non-hydrogen) atoms. The van der Waals surface area contributed by atoms with Gasteiger partial charge in [-0.2, -0.15) is 0 Å². The summed E-state index contributed by atoms with van der Waals surface area (Å²) in [6, 6.07) is 7.66. The highest BCUT2D eigenvalue weighted by Gasteiger charge is 2.25. The maximum Gasteiger partial charge on any atom is 0.295 e. The number of amides is 1. The minimum Gasteiger partial charge on any atom is -0.350 e. The third-order valence-electron chi connectivity index (χ3n) is 3.61. The van der Waals surface area contributed by atoms with Crippen molar-refractivity contribution in [1.29, 1.82) is 0 Å². The lowest BCUT2D eigenvalue weighted by Gasteiger charge is -2.20. The first-order chi connectivity index (χ1) is 10.1. The highest BCUT2D eigenvalue weighted by atomic mass is 16.2. The standard InChI is InChI=1S/C17H22N2O2/c1-4-10-19(11-5-2)17(21)16(20)14-12-18(3)15-9-7-6-8-13(14)15/h6-9,12H,4-5,10-11H2,1-3H3. The van der Waals surface area contributed by atoms with Gasteiger partial charge in [-0.25, -0.2) is 0 Å². The van der Waals surface area contributed by atoms with Crippen molar-refractivity contribution in [3.05, 3.63) is 36.0 Å². The predicted octanol–water partition coefficient (Wildman–Crippen LogP) is 3.01. The maximum atomic E-state index is 12.6. The van der Waals surface area contributed by atoms with Gasteiger partial charge in [0.15, 0.2) is 0 Å². The van der Waals surface area contributed by atoms with Crippen LogP contribution in [0.1, 0.15) is 37.0 Å². The molecule has 0 aliphatic heterocycles. The van der Waals surface area contributed by atoms with E-state index in [0.29, 0.717) is 18.7 Å². The van der Waals surface area contributed by atoms with Gasteiger partial charge in [0.05, 0.1) is 5.56 Å². The summed E-state index contributed by atoms with van der Waals surface area (Å²) in [6.07, 6.45) is 3.46. The van der Waals surface area contributed by atoms with Gasteiger partial charge in [0.25, 0.3) is 11.7 Å². The van der Waals surface area contributed by atoms with E-state index in [1.165, 1.54) is 0 Å². The molecule has 0 aliphatic rings. The number of aryl methyl sites for hydroxylation is 1. The molecule has 2 rings (SSSR count). The van der Waals surface area contributed by atoms with E-state index in [0.717, 1.165) is 23.7 Å². The number of fused-ring (bicyclic) bond motifs is 1. The minimum atomic E-state index is -0.409. The van der Waals surface area contributed by atoms with Crippen LogP contribution in [0, 0.1) is 0 Å². The van der Waals surface area contributed by atoms with Crippen molar-refractivity contribution in [1.82, 2.24) is 9.47 Å². The molecule has 0 N–H and O–H groups in total. The smallest absolute Gasteiger partial charge is 0.295 e. The average Bonchev–Trinajstić information content (AvgIpc) is 2.83. The van der Waals surface area contributed by atoms with Crippen molar-refractivity contribution in [2.45, 2.75) is 26.7 Å². The Morgan fingerprint density at radius 2 is 1.71 bits per heavy atom. The lowest BCUT2D eigenvalue weighted by Crippen LogP contribution is -2.37. The molecule has 0 unspecified atom stereocenters. The largest absolute Gasteiger partial charge is 0.350 e. The van der Waals surface area contributed by atoms with Crippen molar-refractivity contribution in [2.75, 3.05) is 13.1 Å². The molecule has 1 heterocycles. The van der Waals surface area contributed by atoms with Crippen LogP contribution in [-0.4, -0.2) is 34.2 Å². The number of hydrogen-bond donors (Lipinski definition) is 0. The normalized spacial score (nSPS) is 10.8. The van der Waals surface area contributed by atoms with Gasteiger partial charge < -0.3 is 9.47 Å². The fourth-order valence-electron chi connectivity index (χ4n) is 2.64. The first-order valence-electron chi connectivity index (χ1n) is 7.47. The topological polar surface area (TPSA) is 42.3 Å². The molecule has 0 aliphatic carbocycles. The molecule has 1 amide bonds. The number of carbonyl (C=O) groups is 2. The molecule has 0 radical (unpaired) electrons. The van der Waals surface area contributed by atoms with E-state index < -0.39 is 11.7 Å². The van der Waals surface area contributed by atoms with E-state index in [-0.39, 0.29) is 0 Å². The van der Waals surface area contributed by atoms with Crippen molar-refractivity contribution in [2.24, 2.45) is 7.05 Å². The number of Topliss-reactive ketones (excluding diaryl/α,β-unsaturated/α-hetero) is 1. The molecule has 0 spiro atoms.